The standard InChI is InChI=1S/C12H11Br2N3/c1-8(9-3-2-4-15-6-9)17-12-11(14)5-10(13)7-16-12/h2-8H,1H3,(H,16,17). The fraction of sp³-hybridized carbons (Fsp3) is 0.167. The van der Waals surface area contributed by atoms with E-state index in [1.54, 1.807) is 12.4 Å². The molecule has 0 bridgehead atoms. The molecular formula is C12H11Br2N3. The van der Waals surface area contributed by atoms with Crippen LogP contribution in [0.15, 0.2) is 45.7 Å². The van der Waals surface area contributed by atoms with E-state index in [4.69, 9.17) is 0 Å². The number of hydrogen-bond acceptors (Lipinski definition) is 3. The number of rotatable bonds is 3. The van der Waals surface area contributed by atoms with E-state index in [1.807, 2.05) is 24.4 Å². The fourth-order valence-electron chi connectivity index (χ4n) is 1.44. The molecule has 5 heteroatoms. The van der Waals surface area contributed by atoms with Crippen LogP contribution in [0.4, 0.5) is 5.82 Å². The second-order valence-electron chi connectivity index (χ2n) is 3.64. The maximum atomic E-state index is 4.32. The van der Waals surface area contributed by atoms with Crippen LogP contribution in [0, 0.1) is 0 Å². The highest BCUT2D eigenvalue weighted by Crippen LogP contribution is 2.26. The molecule has 1 unspecified atom stereocenters. The average molecular weight is 357 g/mol. The van der Waals surface area contributed by atoms with E-state index in [1.165, 1.54) is 0 Å². The van der Waals surface area contributed by atoms with Crippen LogP contribution in [-0.2, 0) is 0 Å². The van der Waals surface area contributed by atoms with Crippen molar-refractivity contribution < 1.29 is 0 Å². The van der Waals surface area contributed by atoms with Crippen LogP contribution in [-0.4, -0.2) is 9.97 Å². The molecule has 0 aliphatic heterocycles. The maximum absolute atomic E-state index is 4.32. The van der Waals surface area contributed by atoms with Crippen molar-refractivity contribution in [1.82, 2.24) is 9.97 Å². The average Bonchev–Trinajstić information content (AvgIpc) is 2.34. The van der Waals surface area contributed by atoms with Crippen LogP contribution in [0.2, 0.25) is 0 Å². The Morgan fingerprint density at radius 3 is 2.76 bits per heavy atom. The Labute approximate surface area is 117 Å². The lowest BCUT2D eigenvalue weighted by molar-refractivity contribution is 0.864. The second-order valence-corrected chi connectivity index (χ2v) is 5.41. The molecule has 1 N–H and O–H groups in total. The Morgan fingerprint density at radius 2 is 2.12 bits per heavy atom. The quantitative estimate of drug-likeness (QED) is 0.896. The third-order valence-electron chi connectivity index (χ3n) is 2.35. The van der Waals surface area contributed by atoms with Crippen molar-refractivity contribution in [3.05, 3.63) is 51.3 Å². The number of hydrogen-bond donors (Lipinski definition) is 1. The normalized spacial score (nSPS) is 12.2. The first kappa shape index (κ1) is 12.5. The smallest absolute Gasteiger partial charge is 0.140 e. The topological polar surface area (TPSA) is 37.8 Å². The van der Waals surface area contributed by atoms with E-state index in [0.717, 1.165) is 20.3 Å². The zero-order chi connectivity index (χ0) is 12.3. The summed E-state index contributed by atoms with van der Waals surface area (Å²) in [5, 5.41) is 3.33. The van der Waals surface area contributed by atoms with Gasteiger partial charge in [-0.25, -0.2) is 4.98 Å². The molecule has 17 heavy (non-hydrogen) atoms. The molecule has 0 radical (unpaired) electrons. The third-order valence-corrected chi connectivity index (χ3v) is 3.38. The van der Waals surface area contributed by atoms with Crippen molar-refractivity contribution in [1.29, 1.82) is 0 Å². The first-order valence-electron chi connectivity index (χ1n) is 5.14. The Morgan fingerprint density at radius 1 is 1.29 bits per heavy atom. The van der Waals surface area contributed by atoms with Gasteiger partial charge in [0, 0.05) is 23.1 Å². The molecule has 2 aromatic rings. The maximum Gasteiger partial charge on any atom is 0.140 e. The molecule has 0 saturated heterocycles. The van der Waals surface area contributed by atoms with Gasteiger partial charge in [-0.1, -0.05) is 6.07 Å². The van der Waals surface area contributed by atoms with E-state index in [2.05, 4.69) is 54.1 Å². The third kappa shape index (κ3) is 3.26. The summed E-state index contributed by atoms with van der Waals surface area (Å²) in [7, 11) is 0. The molecule has 3 nitrogen and oxygen atoms in total. The SMILES string of the molecule is CC(Nc1ncc(Br)cc1Br)c1cccnc1. The first-order valence-corrected chi connectivity index (χ1v) is 6.73. The number of nitrogens with zero attached hydrogens (tertiary/aromatic N) is 2. The predicted octanol–water partition coefficient (Wildman–Crippen LogP) is 4.17. The highest BCUT2D eigenvalue weighted by atomic mass is 79.9. The van der Waals surface area contributed by atoms with Gasteiger partial charge in [0.15, 0.2) is 0 Å². The molecular weight excluding hydrogens is 346 g/mol. The summed E-state index contributed by atoms with van der Waals surface area (Å²) in [6.07, 6.45) is 5.39. The Hall–Kier alpha value is -0.940. The molecule has 1 atom stereocenters. The molecule has 0 spiro atoms. The number of halogens is 2. The van der Waals surface area contributed by atoms with E-state index >= 15 is 0 Å². The number of nitrogens with one attached hydrogen (secondary N) is 1. The Kier molecular flexibility index (Phi) is 4.12. The van der Waals surface area contributed by atoms with E-state index in [0.29, 0.717) is 0 Å². The highest BCUT2D eigenvalue weighted by Gasteiger charge is 2.08. The first-order chi connectivity index (χ1) is 8.16. The molecule has 0 aliphatic rings. The second kappa shape index (κ2) is 5.60. The van der Waals surface area contributed by atoms with Crippen LogP contribution in [0.1, 0.15) is 18.5 Å². The van der Waals surface area contributed by atoms with Crippen molar-refractivity contribution in [2.45, 2.75) is 13.0 Å². The van der Waals surface area contributed by atoms with Crippen LogP contribution < -0.4 is 5.32 Å². The highest BCUT2D eigenvalue weighted by molar-refractivity contribution is 9.11. The van der Waals surface area contributed by atoms with Gasteiger partial charge in [-0.05, 0) is 56.5 Å². The Bertz CT molecular complexity index is 502. The van der Waals surface area contributed by atoms with Crippen molar-refractivity contribution in [3.8, 4) is 0 Å². The van der Waals surface area contributed by atoms with Crippen LogP contribution in [0.5, 0.6) is 0 Å². The van der Waals surface area contributed by atoms with Gasteiger partial charge in [0.1, 0.15) is 5.82 Å². The van der Waals surface area contributed by atoms with Gasteiger partial charge in [0.05, 0.1) is 10.5 Å². The molecule has 0 aliphatic carbocycles. The monoisotopic (exact) mass is 355 g/mol. The van der Waals surface area contributed by atoms with Gasteiger partial charge >= 0.3 is 0 Å². The lowest BCUT2D eigenvalue weighted by Gasteiger charge is -2.15. The molecule has 2 aromatic heterocycles. The minimum atomic E-state index is 0.161. The minimum Gasteiger partial charge on any atom is -0.363 e. The molecule has 2 heterocycles. The van der Waals surface area contributed by atoms with E-state index < -0.39 is 0 Å². The zero-order valence-corrected chi connectivity index (χ0v) is 12.4. The largest absolute Gasteiger partial charge is 0.363 e. The van der Waals surface area contributed by atoms with E-state index in [-0.39, 0.29) is 6.04 Å². The van der Waals surface area contributed by atoms with Crippen molar-refractivity contribution >= 4 is 37.7 Å². The fourth-order valence-corrected chi connectivity index (χ4v) is 2.54. The molecule has 0 fully saturated rings. The summed E-state index contributed by atoms with van der Waals surface area (Å²) in [6.45, 7) is 2.08. The van der Waals surface area contributed by atoms with Gasteiger partial charge in [0.25, 0.3) is 0 Å². The van der Waals surface area contributed by atoms with Gasteiger partial charge in [-0.15, -0.1) is 0 Å². The number of pyridine rings is 2. The summed E-state index contributed by atoms with van der Waals surface area (Å²) < 4.78 is 1.88. The van der Waals surface area contributed by atoms with Gasteiger partial charge in [-0.3, -0.25) is 4.98 Å². The van der Waals surface area contributed by atoms with Crippen molar-refractivity contribution in [2.75, 3.05) is 5.32 Å². The molecule has 0 aromatic carbocycles. The predicted molar refractivity (Wildman–Crippen MR) is 75.9 cm³/mol. The Balaban J connectivity index is 2.16. The summed E-state index contributed by atoms with van der Waals surface area (Å²) in [4.78, 5) is 8.42. The zero-order valence-electron chi connectivity index (χ0n) is 9.19. The number of aromatic nitrogens is 2. The van der Waals surface area contributed by atoms with Crippen molar-refractivity contribution in [2.24, 2.45) is 0 Å². The van der Waals surface area contributed by atoms with Crippen LogP contribution in [0.3, 0.4) is 0 Å². The number of anilines is 1. The van der Waals surface area contributed by atoms with Gasteiger partial charge in [-0.2, -0.15) is 0 Å². The molecule has 88 valence electrons. The summed E-state index contributed by atoms with van der Waals surface area (Å²) >= 11 is 6.85. The summed E-state index contributed by atoms with van der Waals surface area (Å²) in [5.74, 6) is 0.824. The molecule has 0 amide bonds. The van der Waals surface area contributed by atoms with Crippen molar-refractivity contribution in [3.63, 3.8) is 0 Å². The van der Waals surface area contributed by atoms with Gasteiger partial charge in [0.2, 0.25) is 0 Å². The minimum absolute atomic E-state index is 0.161. The van der Waals surface area contributed by atoms with E-state index in [9.17, 15) is 0 Å². The molecule has 0 saturated carbocycles. The molecule has 2 rings (SSSR count). The van der Waals surface area contributed by atoms with Crippen LogP contribution >= 0.6 is 31.9 Å². The summed E-state index contributed by atoms with van der Waals surface area (Å²) in [5.41, 5.74) is 1.13. The van der Waals surface area contributed by atoms with Gasteiger partial charge < -0.3 is 5.32 Å². The lowest BCUT2D eigenvalue weighted by Crippen LogP contribution is -2.08. The van der Waals surface area contributed by atoms with Crippen LogP contribution in [0.25, 0.3) is 0 Å². The summed E-state index contributed by atoms with van der Waals surface area (Å²) in [6, 6.07) is 6.09. The lowest BCUT2D eigenvalue weighted by atomic mass is 10.1.